The second kappa shape index (κ2) is 4.93. The number of aryl methyl sites for hydroxylation is 1. The fraction of sp³-hybridized carbons (Fsp3) is 0.714. The van der Waals surface area contributed by atoms with Gasteiger partial charge < -0.3 is 9.47 Å². The van der Waals surface area contributed by atoms with E-state index in [1.165, 1.54) is 10.4 Å². The maximum Gasteiger partial charge on any atom is 0.0561 e. The smallest absolute Gasteiger partial charge is 0.0561 e. The van der Waals surface area contributed by atoms with Crippen LogP contribution in [0, 0.1) is 18.3 Å². The van der Waals surface area contributed by atoms with Crippen molar-refractivity contribution in [1.82, 2.24) is 4.90 Å². The Hall–Kier alpha value is -0.420. The summed E-state index contributed by atoms with van der Waals surface area (Å²) < 4.78 is 11.1. The van der Waals surface area contributed by atoms with Crippen molar-refractivity contribution in [3.63, 3.8) is 0 Å². The van der Waals surface area contributed by atoms with E-state index >= 15 is 0 Å². The summed E-state index contributed by atoms with van der Waals surface area (Å²) in [4.78, 5) is 4.08. The van der Waals surface area contributed by atoms with Gasteiger partial charge in [-0.15, -0.1) is 11.3 Å². The zero-order valence-electron chi connectivity index (χ0n) is 11.1. The van der Waals surface area contributed by atoms with Gasteiger partial charge in [0.1, 0.15) is 0 Å². The lowest BCUT2D eigenvalue weighted by Gasteiger charge is -2.26. The lowest BCUT2D eigenvalue weighted by atomic mass is 9.82. The summed E-state index contributed by atoms with van der Waals surface area (Å²) >= 11 is 1.87. The molecule has 1 aromatic rings. The Morgan fingerprint density at radius 2 is 2.50 bits per heavy atom. The molecule has 0 aliphatic carbocycles. The van der Waals surface area contributed by atoms with Crippen LogP contribution in [0.5, 0.6) is 0 Å². The van der Waals surface area contributed by atoms with Crippen LogP contribution in [0.25, 0.3) is 0 Å². The van der Waals surface area contributed by atoms with Gasteiger partial charge >= 0.3 is 0 Å². The molecule has 3 rings (SSSR count). The number of hydrogen-bond donors (Lipinski definition) is 0. The fourth-order valence-electron chi connectivity index (χ4n) is 3.32. The highest BCUT2D eigenvalue weighted by Crippen LogP contribution is 2.42. The molecule has 2 aliphatic heterocycles. The molecular weight excluding hydrogens is 246 g/mol. The second-order valence-corrected chi connectivity index (χ2v) is 6.70. The second-order valence-electron chi connectivity index (χ2n) is 5.70. The maximum atomic E-state index is 5.67. The molecule has 0 N–H and O–H groups in total. The van der Waals surface area contributed by atoms with Gasteiger partial charge in [0.05, 0.1) is 19.8 Å². The third-order valence-electron chi connectivity index (χ3n) is 4.36. The number of nitrogens with zero attached hydrogens (tertiary/aromatic N) is 1. The summed E-state index contributed by atoms with van der Waals surface area (Å²) in [5, 5.41) is 2.19. The summed E-state index contributed by atoms with van der Waals surface area (Å²) in [5.74, 6) is 0.651. The first-order valence-electron chi connectivity index (χ1n) is 6.55. The van der Waals surface area contributed by atoms with Gasteiger partial charge in [0, 0.05) is 43.0 Å². The van der Waals surface area contributed by atoms with Crippen LogP contribution < -0.4 is 0 Å². The van der Waals surface area contributed by atoms with E-state index in [9.17, 15) is 0 Å². The Labute approximate surface area is 113 Å². The molecule has 0 aromatic carbocycles. The molecule has 0 amide bonds. The Balaban J connectivity index is 1.69. The molecule has 2 saturated heterocycles. The van der Waals surface area contributed by atoms with E-state index in [2.05, 4.69) is 23.3 Å². The van der Waals surface area contributed by atoms with Gasteiger partial charge in [-0.05, 0) is 23.9 Å². The Morgan fingerprint density at radius 1 is 1.61 bits per heavy atom. The normalized spacial score (nSPS) is 32.0. The number of rotatable bonds is 4. The van der Waals surface area contributed by atoms with Gasteiger partial charge in [-0.3, -0.25) is 4.90 Å². The van der Waals surface area contributed by atoms with E-state index in [1.807, 2.05) is 11.3 Å². The number of methoxy groups -OCH3 is 1. The van der Waals surface area contributed by atoms with Crippen molar-refractivity contribution in [1.29, 1.82) is 0 Å². The molecule has 1 aromatic heterocycles. The number of thiophene rings is 1. The predicted molar refractivity (Wildman–Crippen MR) is 73.0 cm³/mol. The van der Waals surface area contributed by atoms with Gasteiger partial charge in [0.15, 0.2) is 0 Å². The van der Waals surface area contributed by atoms with Crippen molar-refractivity contribution in [2.75, 3.05) is 40.0 Å². The number of fused-ring (bicyclic) bond motifs is 1. The average Bonchev–Trinajstić information content (AvgIpc) is 2.95. The SMILES string of the molecule is COC[C@]12COC[C@H]1CN(Cc1sccc1C)C2. The van der Waals surface area contributed by atoms with Gasteiger partial charge in [-0.1, -0.05) is 0 Å². The highest BCUT2D eigenvalue weighted by molar-refractivity contribution is 7.10. The summed E-state index contributed by atoms with van der Waals surface area (Å²) in [7, 11) is 1.80. The van der Waals surface area contributed by atoms with E-state index in [-0.39, 0.29) is 5.41 Å². The van der Waals surface area contributed by atoms with E-state index in [1.54, 1.807) is 7.11 Å². The van der Waals surface area contributed by atoms with Crippen molar-refractivity contribution >= 4 is 11.3 Å². The lowest BCUT2D eigenvalue weighted by Crippen LogP contribution is -2.35. The molecule has 4 heteroatoms. The van der Waals surface area contributed by atoms with Crippen molar-refractivity contribution < 1.29 is 9.47 Å². The molecule has 3 heterocycles. The first kappa shape index (κ1) is 12.6. The molecule has 18 heavy (non-hydrogen) atoms. The van der Waals surface area contributed by atoms with Crippen LogP contribution in [0.4, 0.5) is 0 Å². The van der Waals surface area contributed by atoms with Crippen molar-refractivity contribution in [3.05, 3.63) is 21.9 Å². The van der Waals surface area contributed by atoms with E-state index < -0.39 is 0 Å². The number of likely N-dealkylation sites (tertiary alicyclic amines) is 1. The molecule has 0 radical (unpaired) electrons. The van der Waals surface area contributed by atoms with E-state index in [4.69, 9.17) is 9.47 Å². The van der Waals surface area contributed by atoms with Crippen LogP contribution in [0.1, 0.15) is 10.4 Å². The van der Waals surface area contributed by atoms with Gasteiger partial charge in [-0.25, -0.2) is 0 Å². The monoisotopic (exact) mass is 267 g/mol. The van der Waals surface area contributed by atoms with Gasteiger partial charge in [-0.2, -0.15) is 0 Å². The third kappa shape index (κ3) is 2.11. The van der Waals surface area contributed by atoms with E-state index in [0.29, 0.717) is 5.92 Å². The van der Waals surface area contributed by atoms with Crippen molar-refractivity contribution in [2.45, 2.75) is 13.5 Å². The molecule has 2 aliphatic rings. The van der Waals surface area contributed by atoms with Crippen molar-refractivity contribution in [3.8, 4) is 0 Å². The first-order valence-corrected chi connectivity index (χ1v) is 7.43. The van der Waals surface area contributed by atoms with E-state index in [0.717, 1.165) is 39.5 Å². The van der Waals surface area contributed by atoms with Crippen LogP contribution in [0.3, 0.4) is 0 Å². The molecule has 0 bridgehead atoms. The topological polar surface area (TPSA) is 21.7 Å². The standard InChI is InChI=1S/C14H21NO2S/c1-11-3-4-18-13(11)6-15-5-12-7-17-10-14(12,8-15)9-16-2/h3-4,12H,5-10H2,1-2H3/t12-,14-/m1/s1. The largest absolute Gasteiger partial charge is 0.384 e. The minimum Gasteiger partial charge on any atom is -0.384 e. The van der Waals surface area contributed by atoms with Crippen LogP contribution in [-0.4, -0.2) is 44.9 Å². The fourth-order valence-corrected chi connectivity index (χ4v) is 4.27. The molecule has 2 fully saturated rings. The molecule has 100 valence electrons. The highest BCUT2D eigenvalue weighted by Gasteiger charge is 2.50. The van der Waals surface area contributed by atoms with Crippen molar-refractivity contribution in [2.24, 2.45) is 11.3 Å². The highest BCUT2D eigenvalue weighted by atomic mass is 32.1. The zero-order chi connectivity index (χ0) is 12.6. The zero-order valence-corrected chi connectivity index (χ0v) is 12.0. The average molecular weight is 267 g/mol. The van der Waals surface area contributed by atoms with Crippen LogP contribution in [-0.2, 0) is 16.0 Å². The summed E-state index contributed by atoms with van der Waals surface area (Å²) in [6, 6.07) is 2.21. The molecule has 3 nitrogen and oxygen atoms in total. The minimum absolute atomic E-state index is 0.250. The summed E-state index contributed by atoms with van der Waals surface area (Å²) in [6.07, 6.45) is 0. The molecule has 0 spiro atoms. The Bertz CT molecular complexity index is 420. The Kier molecular flexibility index (Phi) is 3.45. The first-order chi connectivity index (χ1) is 8.73. The maximum absolute atomic E-state index is 5.67. The third-order valence-corrected chi connectivity index (χ3v) is 5.37. The lowest BCUT2D eigenvalue weighted by molar-refractivity contribution is 0.0534. The van der Waals surface area contributed by atoms with Crippen LogP contribution >= 0.6 is 11.3 Å². The number of ether oxygens (including phenoxy) is 2. The van der Waals surface area contributed by atoms with Gasteiger partial charge in [0.25, 0.3) is 0 Å². The molecule has 2 atom stereocenters. The van der Waals surface area contributed by atoms with Crippen LogP contribution in [0.2, 0.25) is 0 Å². The molecule has 0 saturated carbocycles. The molecular formula is C14H21NO2S. The summed E-state index contributed by atoms with van der Waals surface area (Å²) in [6.45, 7) is 8.16. The quantitative estimate of drug-likeness (QED) is 0.834. The molecule has 0 unspecified atom stereocenters. The summed E-state index contributed by atoms with van der Waals surface area (Å²) in [5.41, 5.74) is 1.68. The van der Waals surface area contributed by atoms with Gasteiger partial charge in [0.2, 0.25) is 0 Å². The predicted octanol–water partition coefficient (Wildman–Crippen LogP) is 2.15. The van der Waals surface area contributed by atoms with Crippen LogP contribution in [0.15, 0.2) is 11.4 Å². The minimum atomic E-state index is 0.250. The number of hydrogen-bond acceptors (Lipinski definition) is 4. The Morgan fingerprint density at radius 3 is 3.22 bits per heavy atom.